The first-order chi connectivity index (χ1) is 6.29. The lowest BCUT2D eigenvalue weighted by molar-refractivity contribution is 0.234. The molecule has 1 nitrogen and oxygen atoms in total. The molecule has 0 aliphatic carbocycles. The fourth-order valence-corrected chi connectivity index (χ4v) is 1.82. The Balaban J connectivity index is 2.32. The van der Waals surface area contributed by atoms with Crippen molar-refractivity contribution in [3.8, 4) is 5.75 Å². The highest BCUT2D eigenvalue weighted by Gasteiger charge is 2.15. The van der Waals surface area contributed by atoms with E-state index in [1.54, 1.807) is 0 Å². The third kappa shape index (κ3) is 1.69. The van der Waals surface area contributed by atoms with Gasteiger partial charge in [0.25, 0.3) is 0 Å². The summed E-state index contributed by atoms with van der Waals surface area (Å²) in [7, 11) is 0. The average Bonchev–Trinajstić information content (AvgIpc) is 2.16. The molecule has 1 aromatic carbocycles. The third-order valence-corrected chi connectivity index (χ3v) is 2.62. The lowest BCUT2D eigenvalue weighted by atomic mass is 9.96. The van der Waals surface area contributed by atoms with Crippen LogP contribution < -0.4 is 4.74 Å². The molecule has 0 N–H and O–H groups in total. The normalized spacial score (nSPS) is 20.6. The molecule has 0 bridgehead atoms. The number of rotatable bonds is 1. The van der Waals surface area contributed by atoms with Gasteiger partial charge in [0.1, 0.15) is 5.75 Å². The van der Waals surface area contributed by atoms with Gasteiger partial charge in [0.2, 0.25) is 0 Å². The van der Waals surface area contributed by atoms with Crippen LogP contribution in [0.15, 0.2) is 18.2 Å². The monoisotopic (exact) mass is 176 g/mol. The fraction of sp³-hybridized carbons (Fsp3) is 0.500. The van der Waals surface area contributed by atoms with Crippen LogP contribution in [0.1, 0.15) is 25.0 Å². The summed E-state index contributed by atoms with van der Waals surface area (Å²) in [6.07, 6.45) is 2.28. The molecule has 70 valence electrons. The van der Waals surface area contributed by atoms with Crippen molar-refractivity contribution in [1.82, 2.24) is 0 Å². The highest BCUT2D eigenvalue weighted by atomic mass is 16.5. The molecule has 13 heavy (non-hydrogen) atoms. The van der Waals surface area contributed by atoms with Crippen LogP contribution in [-0.2, 0) is 12.8 Å². The van der Waals surface area contributed by atoms with Gasteiger partial charge in [-0.1, -0.05) is 26.0 Å². The molecule has 0 saturated carbocycles. The first kappa shape index (κ1) is 8.61. The summed E-state index contributed by atoms with van der Waals surface area (Å²) in [6, 6.07) is 6.56. The Kier molecular flexibility index (Phi) is 2.26. The van der Waals surface area contributed by atoms with Crippen molar-refractivity contribution >= 4 is 0 Å². The molecule has 1 aromatic rings. The minimum atomic E-state index is 0.666. The molecule has 2 rings (SSSR count). The van der Waals surface area contributed by atoms with E-state index in [2.05, 4.69) is 32.0 Å². The molecule has 0 aromatic heterocycles. The second-order valence-corrected chi connectivity index (χ2v) is 3.92. The summed E-state index contributed by atoms with van der Waals surface area (Å²) >= 11 is 0. The fourth-order valence-electron chi connectivity index (χ4n) is 1.82. The number of hydrogen-bond donors (Lipinski definition) is 0. The maximum absolute atomic E-state index is 5.64. The van der Waals surface area contributed by atoms with Gasteiger partial charge < -0.3 is 4.74 Å². The van der Waals surface area contributed by atoms with Gasteiger partial charge >= 0.3 is 0 Å². The number of aryl methyl sites for hydroxylation is 1. The number of hydrogen-bond acceptors (Lipinski definition) is 1. The van der Waals surface area contributed by atoms with Crippen molar-refractivity contribution in [2.75, 3.05) is 6.61 Å². The topological polar surface area (TPSA) is 9.23 Å². The maximum Gasteiger partial charge on any atom is 0.122 e. The van der Waals surface area contributed by atoms with Gasteiger partial charge in [-0.05, 0) is 36.0 Å². The molecule has 0 radical (unpaired) electrons. The van der Waals surface area contributed by atoms with Crippen LogP contribution >= 0.6 is 0 Å². The van der Waals surface area contributed by atoms with Crippen molar-refractivity contribution in [3.05, 3.63) is 29.3 Å². The second-order valence-electron chi connectivity index (χ2n) is 3.92. The van der Waals surface area contributed by atoms with Gasteiger partial charge in [-0.15, -0.1) is 0 Å². The zero-order chi connectivity index (χ0) is 9.26. The smallest absolute Gasteiger partial charge is 0.122 e. The van der Waals surface area contributed by atoms with Crippen LogP contribution in [0.25, 0.3) is 0 Å². The minimum absolute atomic E-state index is 0.666. The van der Waals surface area contributed by atoms with Crippen molar-refractivity contribution in [1.29, 1.82) is 0 Å². The van der Waals surface area contributed by atoms with Gasteiger partial charge in [0.15, 0.2) is 0 Å². The Bertz CT molecular complexity index is 304. The van der Waals surface area contributed by atoms with Gasteiger partial charge in [0.05, 0.1) is 6.61 Å². The van der Waals surface area contributed by atoms with Gasteiger partial charge in [0, 0.05) is 0 Å². The van der Waals surface area contributed by atoms with E-state index < -0.39 is 0 Å². The van der Waals surface area contributed by atoms with E-state index in [0.29, 0.717) is 5.92 Å². The van der Waals surface area contributed by atoms with Crippen LogP contribution in [0.5, 0.6) is 5.75 Å². The quantitative estimate of drug-likeness (QED) is 0.639. The molecule has 1 heteroatoms. The van der Waals surface area contributed by atoms with Crippen molar-refractivity contribution in [3.63, 3.8) is 0 Å². The molecule has 1 aliphatic rings. The van der Waals surface area contributed by atoms with Crippen LogP contribution in [0.2, 0.25) is 0 Å². The Morgan fingerprint density at radius 2 is 2.31 bits per heavy atom. The summed E-state index contributed by atoms with van der Waals surface area (Å²) in [4.78, 5) is 0. The van der Waals surface area contributed by atoms with E-state index in [9.17, 15) is 0 Å². The van der Waals surface area contributed by atoms with Gasteiger partial charge in [-0.2, -0.15) is 0 Å². The number of ether oxygens (including phenoxy) is 1. The number of benzene rings is 1. The van der Waals surface area contributed by atoms with E-state index >= 15 is 0 Å². The van der Waals surface area contributed by atoms with Crippen LogP contribution in [-0.4, -0.2) is 6.61 Å². The summed E-state index contributed by atoms with van der Waals surface area (Å²) in [5, 5.41) is 0. The number of fused-ring (bicyclic) bond motifs is 1. The van der Waals surface area contributed by atoms with Crippen molar-refractivity contribution in [2.45, 2.75) is 26.7 Å². The highest BCUT2D eigenvalue weighted by Crippen LogP contribution is 2.27. The van der Waals surface area contributed by atoms with Crippen LogP contribution in [0, 0.1) is 5.92 Å². The van der Waals surface area contributed by atoms with Crippen molar-refractivity contribution in [2.24, 2.45) is 5.92 Å². The van der Waals surface area contributed by atoms with Crippen LogP contribution in [0.4, 0.5) is 0 Å². The lowest BCUT2D eigenvalue weighted by Crippen LogP contribution is -2.18. The Labute approximate surface area is 79.7 Å². The molecule has 1 aliphatic heterocycles. The molecular weight excluding hydrogens is 160 g/mol. The SMILES string of the molecule is CCc1ccc2c(c1)CC(C)CO2. The van der Waals surface area contributed by atoms with E-state index in [1.807, 2.05) is 0 Å². The van der Waals surface area contributed by atoms with E-state index in [1.165, 1.54) is 17.5 Å². The molecular formula is C12H16O. The standard InChI is InChI=1S/C12H16O/c1-3-10-4-5-12-11(7-10)6-9(2)8-13-12/h4-5,7,9H,3,6,8H2,1-2H3. The summed E-state index contributed by atoms with van der Waals surface area (Å²) < 4.78 is 5.64. The summed E-state index contributed by atoms with van der Waals surface area (Å²) in [5.41, 5.74) is 2.80. The van der Waals surface area contributed by atoms with E-state index in [0.717, 1.165) is 18.8 Å². The van der Waals surface area contributed by atoms with E-state index in [-0.39, 0.29) is 0 Å². The highest BCUT2D eigenvalue weighted by molar-refractivity contribution is 5.38. The van der Waals surface area contributed by atoms with E-state index in [4.69, 9.17) is 4.74 Å². The summed E-state index contributed by atoms with van der Waals surface area (Å²) in [5.74, 6) is 1.76. The average molecular weight is 176 g/mol. The Hall–Kier alpha value is -0.980. The zero-order valence-corrected chi connectivity index (χ0v) is 8.34. The molecule has 0 fully saturated rings. The maximum atomic E-state index is 5.64. The first-order valence-corrected chi connectivity index (χ1v) is 5.04. The largest absolute Gasteiger partial charge is 0.493 e. The molecule has 1 atom stereocenters. The summed E-state index contributed by atoms with van der Waals surface area (Å²) in [6.45, 7) is 5.30. The lowest BCUT2D eigenvalue weighted by Gasteiger charge is -2.22. The van der Waals surface area contributed by atoms with Gasteiger partial charge in [-0.3, -0.25) is 0 Å². The molecule has 0 saturated heterocycles. The third-order valence-electron chi connectivity index (χ3n) is 2.62. The first-order valence-electron chi connectivity index (χ1n) is 5.04. The van der Waals surface area contributed by atoms with Crippen LogP contribution in [0.3, 0.4) is 0 Å². The van der Waals surface area contributed by atoms with Gasteiger partial charge in [-0.25, -0.2) is 0 Å². The molecule has 0 amide bonds. The molecule has 1 unspecified atom stereocenters. The van der Waals surface area contributed by atoms with Crippen molar-refractivity contribution < 1.29 is 4.74 Å². The molecule has 1 heterocycles. The second kappa shape index (κ2) is 3.41. The Morgan fingerprint density at radius 3 is 3.08 bits per heavy atom. The molecule has 0 spiro atoms. The predicted octanol–water partition coefficient (Wildman–Crippen LogP) is 2.82. The zero-order valence-electron chi connectivity index (χ0n) is 8.34. The Morgan fingerprint density at radius 1 is 1.46 bits per heavy atom. The predicted molar refractivity (Wildman–Crippen MR) is 54.2 cm³/mol. The minimum Gasteiger partial charge on any atom is -0.493 e.